The number of hydrogen-bond acceptors (Lipinski definition) is 6. The topological polar surface area (TPSA) is 58.6 Å². The van der Waals surface area contributed by atoms with Crippen LogP contribution in [0.1, 0.15) is 21.7 Å². The van der Waals surface area contributed by atoms with Crippen LogP contribution in [0.5, 0.6) is 5.75 Å². The Morgan fingerprint density at radius 1 is 1.22 bits per heavy atom. The van der Waals surface area contributed by atoms with Crippen molar-refractivity contribution in [3.8, 4) is 5.75 Å². The van der Waals surface area contributed by atoms with Crippen LogP contribution in [0.4, 0.5) is 0 Å². The predicted octanol–water partition coefficient (Wildman–Crippen LogP) is 1.89. The van der Waals surface area contributed by atoms with E-state index < -0.39 is 0 Å². The number of rotatable bonds is 4. The van der Waals surface area contributed by atoms with Gasteiger partial charge in [-0.15, -0.1) is 5.10 Å². The lowest BCUT2D eigenvalue weighted by atomic mass is 10.2. The number of carbonyl (C=O) groups excluding carboxylic acids is 1. The van der Waals surface area contributed by atoms with Crippen molar-refractivity contribution in [2.45, 2.75) is 13.0 Å². The van der Waals surface area contributed by atoms with Gasteiger partial charge in [0.1, 0.15) is 10.6 Å². The molecule has 7 heteroatoms. The molecule has 0 bridgehead atoms. The summed E-state index contributed by atoms with van der Waals surface area (Å²) < 4.78 is 8.96. The van der Waals surface area contributed by atoms with Crippen LogP contribution in [0.25, 0.3) is 0 Å². The Morgan fingerprint density at radius 3 is 2.74 bits per heavy atom. The van der Waals surface area contributed by atoms with Gasteiger partial charge in [0.25, 0.3) is 5.91 Å². The number of benzene rings is 1. The highest BCUT2D eigenvalue weighted by molar-refractivity contribution is 7.07. The number of aromatic nitrogens is 2. The molecule has 1 aliphatic heterocycles. The quantitative estimate of drug-likeness (QED) is 0.856. The van der Waals surface area contributed by atoms with Crippen molar-refractivity contribution >= 4 is 17.4 Å². The smallest absolute Gasteiger partial charge is 0.267 e. The fourth-order valence-electron chi connectivity index (χ4n) is 2.74. The monoisotopic (exact) mass is 332 g/mol. The molecule has 1 saturated heterocycles. The molecule has 0 aliphatic carbocycles. The van der Waals surface area contributed by atoms with Crippen molar-refractivity contribution in [1.82, 2.24) is 19.4 Å². The minimum Gasteiger partial charge on any atom is -0.497 e. The zero-order valence-electron chi connectivity index (χ0n) is 13.1. The molecule has 1 aliphatic rings. The molecule has 122 valence electrons. The summed E-state index contributed by atoms with van der Waals surface area (Å²) in [4.78, 5) is 17.3. The van der Waals surface area contributed by atoms with E-state index in [1.54, 1.807) is 13.3 Å². The molecule has 23 heavy (non-hydrogen) atoms. The van der Waals surface area contributed by atoms with Crippen LogP contribution < -0.4 is 4.74 Å². The van der Waals surface area contributed by atoms with E-state index >= 15 is 0 Å². The number of hydrogen-bond donors (Lipinski definition) is 0. The van der Waals surface area contributed by atoms with Gasteiger partial charge < -0.3 is 9.64 Å². The molecule has 1 aromatic carbocycles. The van der Waals surface area contributed by atoms with Crippen LogP contribution in [0.3, 0.4) is 0 Å². The molecule has 0 saturated carbocycles. The second-order valence-corrected chi connectivity index (χ2v) is 6.34. The minimum atomic E-state index is 0.0475. The highest BCUT2D eigenvalue weighted by atomic mass is 32.1. The Kier molecular flexibility index (Phi) is 5.19. The van der Waals surface area contributed by atoms with Gasteiger partial charge in [0, 0.05) is 32.7 Å². The van der Waals surface area contributed by atoms with Crippen molar-refractivity contribution in [3.63, 3.8) is 0 Å². The molecule has 0 N–H and O–H groups in total. The first-order valence-corrected chi connectivity index (χ1v) is 8.45. The van der Waals surface area contributed by atoms with Gasteiger partial charge in [-0.1, -0.05) is 16.6 Å². The highest BCUT2D eigenvalue weighted by Crippen LogP contribution is 2.15. The lowest BCUT2D eigenvalue weighted by Gasteiger charge is -2.21. The van der Waals surface area contributed by atoms with E-state index in [0.29, 0.717) is 4.88 Å². The SMILES string of the molecule is COc1ccc(CN2CCCN(C(=O)c3cnns3)CC2)cc1. The van der Waals surface area contributed by atoms with Crippen LogP contribution in [0.2, 0.25) is 0 Å². The van der Waals surface area contributed by atoms with E-state index in [2.05, 4.69) is 26.6 Å². The molecule has 1 amide bonds. The lowest BCUT2D eigenvalue weighted by molar-refractivity contribution is 0.0765. The van der Waals surface area contributed by atoms with Gasteiger partial charge in [-0.05, 0) is 35.6 Å². The van der Waals surface area contributed by atoms with Gasteiger partial charge in [0.05, 0.1) is 13.3 Å². The van der Waals surface area contributed by atoms with E-state index in [1.165, 1.54) is 5.56 Å². The average Bonchev–Trinajstić information content (AvgIpc) is 3.02. The zero-order valence-corrected chi connectivity index (χ0v) is 14.0. The molecular weight excluding hydrogens is 312 g/mol. The molecule has 0 spiro atoms. The van der Waals surface area contributed by atoms with Crippen molar-refractivity contribution in [2.24, 2.45) is 0 Å². The van der Waals surface area contributed by atoms with Gasteiger partial charge in [0.15, 0.2) is 0 Å². The third-order valence-corrected chi connectivity index (χ3v) is 4.67. The lowest BCUT2D eigenvalue weighted by Crippen LogP contribution is -2.34. The molecule has 6 nitrogen and oxygen atoms in total. The number of methoxy groups -OCH3 is 1. The zero-order chi connectivity index (χ0) is 16.1. The third kappa shape index (κ3) is 4.05. The molecule has 0 atom stereocenters. The molecule has 1 fully saturated rings. The second kappa shape index (κ2) is 7.52. The Morgan fingerprint density at radius 2 is 2.04 bits per heavy atom. The molecule has 2 heterocycles. The summed E-state index contributed by atoms with van der Waals surface area (Å²) in [6, 6.07) is 8.16. The summed E-state index contributed by atoms with van der Waals surface area (Å²) in [5.41, 5.74) is 1.26. The first kappa shape index (κ1) is 15.9. The second-order valence-electron chi connectivity index (χ2n) is 5.55. The van der Waals surface area contributed by atoms with Crippen LogP contribution in [0, 0.1) is 0 Å². The molecular formula is C16H20N4O2S. The van der Waals surface area contributed by atoms with Gasteiger partial charge in [-0.2, -0.15) is 0 Å². The van der Waals surface area contributed by atoms with Crippen molar-refractivity contribution in [3.05, 3.63) is 40.9 Å². The van der Waals surface area contributed by atoms with E-state index in [4.69, 9.17) is 4.74 Å². The summed E-state index contributed by atoms with van der Waals surface area (Å²) in [7, 11) is 1.67. The van der Waals surface area contributed by atoms with Gasteiger partial charge in [-0.3, -0.25) is 9.69 Å². The van der Waals surface area contributed by atoms with Crippen LogP contribution in [-0.2, 0) is 6.54 Å². The van der Waals surface area contributed by atoms with E-state index in [1.807, 2.05) is 17.0 Å². The Bertz CT molecular complexity index is 630. The normalized spacial score (nSPS) is 16.1. The number of nitrogens with zero attached hydrogens (tertiary/aromatic N) is 4. The predicted molar refractivity (Wildman–Crippen MR) is 88.7 cm³/mol. The number of amides is 1. The average molecular weight is 332 g/mol. The number of ether oxygens (including phenoxy) is 1. The fourth-order valence-corrected chi connectivity index (χ4v) is 3.22. The van der Waals surface area contributed by atoms with E-state index in [9.17, 15) is 4.79 Å². The maximum Gasteiger partial charge on any atom is 0.267 e. The Hall–Kier alpha value is -1.99. The van der Waals surface area contributed by atoms with E-state index in [-0.39, 0.29) is 5.91 Å². The molecule has 1 aromatic heterocycles. The van der Waals surface area contributed by atoms with E-state index in [0.717, 1.165) is 56.4 Å². The number of carbonyl (C=O) groups is 1. The highest BCUT2D eigenvalue weighted by Gasteiger charge is 2.21. The fraction of sp³-hybridized carbons (Fsp3) is 0.438. The first-order valence-electron chi connectivity index (χ1n) is 7.68. The van der Waals surface area contributed by atoms with Crippen molar-refractivity contribution < 1.29 is 9.53 Å². The van der Waals surface area contributed by atoms with Crippen molar-refractivity contribution in [1.29, 1.82) is 0 Å². The van der Waals surface area contributed by atoms with Gasteiger partial charge >= 0.3 is 0 Å². The summed E-state index contributed by atoms with van der Waals surface area (Å²) >= 11 is 1.16. The summed E-state index contributed by atoms with van der Waals surface area (Å²) in [6.07, 6.45) is 2.53. The summed E-state index contributed by atoms with van der Waals surface area (Å²) in [5, 5.41) is 3.75. The molecule has 0 radical (unpaired) electrons. The maximum absolute atomic E-state index is 12.4. The third-order valence-electron chi connectivity index (χ3n) is 4.01. The molecule has 0 unspecified atom stereocenters. The molecule has 3 rings (SSSR count). The first-order chi connectivity index (χ1) is 11.3. The Balaban J connectivity index is 1.56. The standard InChI is InChI=1S/C16H20N4O2S/c1-22-14-5-3-13(4-6-14)12-19-7-2-8-20(10-9-19)16(21)15-11-17-18-23-15/h3-6,11H,2,7-10,12H2,1H3. The minimum absolute atomic E-state index is 0.0475. The van der Waals surface area contributed by atoms with Crippen LogP contribution in [-0.4, -0.2) is 58.6 Å². The van der Waals surface area contributed by atoms with Crippen LogP contribution >= 0.6 is 11.5 Å². The summed E-state index contributed by atoms with van der Waals surface area (Å²) in [6.45, 7) is 4.30. The van der Waals surface area contributed by atoms with Crippen molar-refractivity contribution in [2.75, 3.05) is 33.3 Å². The summed E-state index contributed by atoms with van der Waals surface area (Å²) in [5.74, 6) is 0.922. The van der Waals surface area contributed by atoms with Gasteiger partial charge in [0.2, 0.25) is 0 Å². The van der Waals surface area contributed by atoms with Crippen LogP contribution in [0.15, 0.2) is 30.5 Å². The largest absolute Gasteiger partial charge is 0.497 e. The maximum atomic E-state index is 12.4. The molecule has 2 aromatic rings. The van der Waals surface area contributed by atoms with Gasteiger partial charge in [-0.25, -0.2) is 0 Å². The Labute approximate surface area is 139 Å².